The van der Waals surface area contributed by atoms with E-state index in [9.17, 15) is 0 Å². The van der Waals surface area contributed by atoms with Crippen LogP contribution in [0.15, 0.2) is 24.3 Å². The first kappa shape index (κ1) is 12.9. The van der Waals surface area contributed by atoms with Gasteiger partial charge in [-0.25, -0.2) is 0 Å². The van der Waals surface area contributed by atoms with Crippen LogP contribution in [-0.4, -0.2) is 6.04 Å². The Morgan fingerprint density at radius 3 is 2.29 bits per heavy atom. The standard InChI is InChI=1S/C15H22ClN/c1-2-14(17)15(10-4-3-5-11-15)12-6-8-13(16)9-7-12/h6-9,14H,2-5,10-11,17H2,1H3. The van der Waals surface area contributed by atoms with E-state index in [2.05, 4.69) is 19.1 Å². The van der Waals surface area contributed by atoms with Crippen LogP contribution in [0.2, 0.25) is 5.02 Å². The molecule has 2 N–H and O–H groups in total. The molecule has 0 heterocycles. The number of halogens is 1. The fraction of sp³-hybridized carbons (Fsp3) is 0.600. The zero-order valence-electron chi connectivity index (χ0n) is 10.6. The molecule has 1 saturated carbocycles. The van der Waals surface area contributed by atoms with E-state index >= 15 is 0 Å². The molecule has 0 bridgehead atoms. The first-order valence-corrected chi connectivity index (χ1v) is 7.08. The van der Waals surface area contributed by atoms with Gasteiger partial charge in [0.05, 0.1) is 0 Å². The normalized spacial score (nSPS) is 21.1. The Balaban J connectivity index is 2.35. The van der Waals surface area contributed by atoms with E-state index in [1.807, 2.05) is 12.1 Å². The van der Waals surface area contributed by atoms with Crippen molar-refractivity contribution in [2.45, 2.75) is 56.9 Å². The summed E-state index contributed by atoms with van der Waals surface area (Å²) < 4.78 is 0. The summed E-state index contributed by atoms with van der Waals surface area (Å²) in [6.45, 7) is 2.19. The van der Waals surface area contributed by atoms with Gasteiger partial charge in [0.15, 0.2) is 0 Å². The van der Waals surface area contributed by atoms with Crippen molar-refractivity contribution in [2.24, 2.45) is 5.73 Å². The summed E-state index contributed by atoms with van der Waals surface area (Å²) in [6, 6.07) is 8.60. The fourth-order valence-electron chi connectivity index (χ4n) is 3.23. The highest BCUT2D eigenvalue weighted by Gasteiger charge is 2.38. The largest absolute Gasteiger partial charge is 0.327 e. The molecule has 1 aromatic rings. The molecule has 2 heteroatoms. The van der Waals surface area contributed by atoms with Gasteiger partial charge in [-0.15, -0.1) is 0 Å². The van der Waals surface area contributed by atoms with Crippen molar-refractivity contribution in [3.63, 3.8) is 0 Å². The molecule has 0 spiro atoms. The molecule has 0 saturated heterocycles. The molecule has 1 unspecified atom stereocenters. The molecule has 1 nitrogen and oxygen atoms in total. The predicted octanol–water partition coefficient (Wildman–Crippen LogP) is 4.28. The Hall–Kier alpha value is -0.530. The second-order valence-corrected chi connectivity index (χ2v) is 5.67. The highest BCUT2D eigenvalue weighted by Crippen LogP contribution is 2.42. The number of benzene rings is 1. The molecule has 1 aliphatic rings. The Labute approximate surface area is 109 Å². The zero-order valence-corrected chi connectivity index (χ0v) is 11.3. The molecule has 0 radical (unpaired) electrons. The highest BCUT2D eigenvalue weighted by molar-refractivity contribution is 6.30. The Morgan fingerprint density at radius 2 is 1.76 bits per heavy atom. The van der Waals surface area contributed by atoms with E-state index < -0.39 is 0 Å². The van der Waals surface area contributed by atoms with E-state index in [-0.39, 0.29) is 11.5 Å². The maximum absolute atomic E-state index is 6.42. The molecular formula is C15H22ClN. The van der Waals surface area contributed by atoms with Crippen LogP contribution in [-0.2, 0) is 5.41 Å². The van der Waals surface area contributed by atoms with E-state index in [1.54, 1.807) is 0 Å². The predicted molar refractivity (Wildman–Crippen MR) is 74.5 cm³/mol. The van der Waals surface area contributed by atoms with Crippen molar-refractivity contribution in [2.75, 3.05) is 0 Å². The summed E-state index contributed by atoms with van der Waals surface area (Å²) >= 11 is 5.98. The van der Waals surface area contributed by atoms with E-state index in [4.69, 9.17) is 17.3 Å². The van der Waals surface area contributed by atoms with Crippen LogP contribution >= 0.6 is 11.6 Å². The smallest absolute Gasteiger partial charge is 0.0406 e. The van der Waals surface area contributed by atoms with Crippen molar-refractivity contribution in [3.05, 3.63) is 34.9 Å². The summed E-state index contributed by atoms with van der Waals surface area (Å²) in [5.74, 6) is 0. The van der Waals surface area contributed by atoms with Gasteiger partial charge in [-0.1, -0.05) is 49.9 Å². The number of hydrogen-bond donors (Lipinski definition) is 1. The number of hydrogen-bond acceptors (Lipinski definition) is 1. The quantitative estimate of drug-likeness (QED) is 0.853. The maximum Gasteiger partial charge on any atom is 0.0406 e. The molecule has 0 aliphatic heterocycles. The van der Waals surface area contributed by atoms with Gasteiger partial charge in [0.25, 0.3) is 0 Å². The molecule has 0 aromatic heterocycles. The van der Waals surface area contributed by atoms with Crippen LogP contribution in [0.5, 0.6) is 0 Å². The minimum absolute atomic E-state index is 0.192. The molecule has 2 rings (SSSR count). The minimum atomic E-state index is 0.192. The van der Waals surface area contributed by atoms with Gasteiger partial charge in [0, 0.05) is 16.5 Å². The second-order valence-electron chi connectivity index (χ2n) is 5.24. The van der Waals surface area contributed by atoms with Crippen molar-refractivity contribution in [3.8, 4) is 0 Å². The van der Waals surface area contributed by atoms with E-state index in [1.165, 1.54) is 37.7 Å². The molecule has 17 heavy (non-hydrogen) atoms. The first-order valence-electron chi connectivity index (χ1n) is 6.70. The maximum atomic E-state index is 6.42. The lowest BCUT2D eigenvalue weighted by Crippen LogP contribution is -2.46. The number of rotatable bonds is 3. The van der Waals surface area contributed by atoms with Crippen molar-refractivity contribution < 1.29 is 0 Å². The Bertz CT molecular complexity index is 352. The third-order valence-electron chi connectivity index (χ3n) is 4.31. The van der Waals surface area contributed by atoms with Crippen LogP contribution in [0.4, 0.5) is 0 Å². The van der Waals surface area contributed by atoms with Gasteiger partial charge in [-0.2, -0.15) is 0 Å². The van der Waals surface area contributed by atoms with Crippen LogP contribution in [0.25, 0.3) is 0 Å². The monoisotopic (exact) mass is 251 g/mol. The molecule has 0 amide bonds. The summed E-state index contributed by atoms with van der Waals surface area (Å²) in [5, 5.41) is 0.810. The third-order valence-corrected chi connectivity index (χ3v) is 4.57. The highest BCUT2D eigenvalue weighted by atomic mass is 35.5. The summed E-state index contributed by atoms with van der Waals surface area (Å²) in [6.07, 6.45) is 7.45. The number of nitrogens with two attached hydrogens (primary N) is 1. The van der Waals surface area contributed by atoms with Crippen LogP contribution in [0, 0.1) is 0 Å². The van der Waals surface area contributed by atoms with Gasteiger partial charge in [-0.3, -0.25) is 0 Å². The van der Waals surface area contributed by atoms with Gasteiger partial charge in [0.1, 0.15) is 0 Å². The van der Waals surface area contributed by atoms with E-state index in [0.717, 1.165) is 11.4 Å². The molecule has 1 aliphatic carbocycles. The molecule has 1 atom stereocenters. The third kappa shape index (κ3) is 2.51. The van der Waals surface area contributed by atoms with Crippen molar-refractivity contribution in [1.82, 2.24) is 0 Å². The topological polar surface area (TPSA) is 26.0 Å². The summed E-state index contributed by atoms with van der Waals surface area (Å²) in [7, 11) is 0. The van der Waals surface area contributed by atoms with Crippen LogP contribution in [0.3, 0.4) is 0 Å². The Kier molecular flexibility index (Phi) is 4.11. The van der Waals surface area contributed by atoms with Crippen LogP contribution < -0.4 is 5.73 Å². The molecular weight excluding hydrogens is 230 g/mol. The second kappa shape index (κ2) is 5.41. The van der Waals surface area contributed by atoms with Crippen LogP contribution in [0.1, 0.15) is 51.0 Å². The average molecular weight is 252 g/mol. The molecule has 94 valence electrons. The lowest BCUT2D eigenvalue weighted by atomic mass is 9.64. The van der Waals surface area contributed by atoms with Gasteiger partial charge in [0.2, 0.25) is 0 Å². The molecule has 1 fully saturated rings. The SMILES string of the molecule is CCC(N)C1(c2ccc(Cl)cc2)CCCCC1. The molecule has 1 aromatic carbocycles. The lowest BCUT2D eigenvalue weighted by Gasteiger charge is -2.42. The Morgan fingerprint density at radius 1 is 1.18 bits per heavy atom. The fourth-order valence-corrected chi connectivity index (χ4v) is 3.35. The zero-order chi connectivity index (χ0) is 12.3. The van der Waals surface area contributed by atoms with E-state index in [0.29, 0.717) is 0 Å². The lowest BCUT2D eigenvalue weighted by molar-refractivity contribution is 0.238. The van der Waals surface area contributed by atoms with Gasteiger partial charge < -0.3 is 5.73 Å². The average Bonchev–Trinajstić information content (AvgIpc) is 2.39. The summed E-state index contributed by atoms with van der Waals surface area (Å²) in [4.78, 5) is 0. The summed E-state index contributed by atoms with van der Waals surface area (Å²) in [5.41, 5.74) is 8.00. The first-order chi connectivity index (χ1) is 8.19. The van der Waals surface area contributed by atoms with Gasteiger partial charge in [-0.05, 0) is 37.0 Å². The minimum Gasteiger partial charge on any atom is -0.327 e. The van der Waals surface area contributed by atoms with Gasteiger partial charge >= 0.3 is 0 Å². The van der Waals surface area contributed by atoms with Crippen molar-refractivity contribution in [1.29, 1.82) is 0 Å². The van der Waals surface area contributed by atoms with Crippen molar-refractivity contribution >= 4 is 11.6 Å².